The van der Waals surface area contributed by atoms with Crippen LogP contribution in [0.4, 0.5) is 0 Å². The maximum absolute atomic E-state index is 12.7. The molecular formula is C17H20ClN3O2. The van der Waals surface area contributed by atoms with Gasteiger partial charge in [-0.25, -0.2) is 4.42 Å². The number of carbonyl (C=O) groups excluding carboxylic acids is 1. The maximum Gasteiger partial charge on any atom is 0.263 e. The van der Waals surface area contributed by atoms with Gasteiger partial charge in [-0.1, -0.05) is 6.07 Å². The summed E-state index contributed by atoms with van der Waals surface area (Å²) in [5.41, 5.74) is 0.855. The number of benzene rings is 1. The summed E-state index contributed by atoms with van der Waals surface area (Å²) in [4.78, 5) is 18.8. The Morgan fingerprint density at radius 1 is 1.35 bits per heavy atom. The van der Waals surface area contributed by atoms with E-state index in [0.29, 0.717) is 25.4 Å². The average Bonchev–Trinajstić information content (AvgIpc) is 2.54. The van der Waals surface area contributed by atoms with Gasteiger partial charge < -0.3 is 9.64 Å². The minimum atomic E-state index is -0.551. The molecule has 1 aromatic carbocycles. The highest BCUT2D eigenvalue weighted by Gasteiger charge is 2.30. The van der Waals surface area contributed by atoms with Gasteiger partial charge in [0.25, 0.3) is 5.91 Å². The topological polar surface area (TPSA) is 45.7 Å². The number of fused-ring (bicyclic) bond motifs is 1. The van der Waals surface area contributed by atoms with Crippen LogP contribution in [0, 0.1) is 0 Å². The first-order valence-corrected chi connectivity index (χ1v) is 8.11. The van der Waals surface area contributed by atoms with Gasteiger partial charge in [0.1, 0.15) is 5.75 Å². The van der Waals surface area contributed by atoms with Crippen molar-refractivity contribution in [2.45, 2.75) is 26.0 Å². The van der Waals surface area contributed by atoms with Crippen LogP contribution in [-0.2, 0) is 4.79 Å². The van der Waals surface area contributed by atoms with E-state index in [0.717, 1.165) is 10.9 Å². The smallest absolute Gasteiger partial charge is 0.263 e. The molecule has 1 aromatic heterocycles. The summed E-state index contributed by atoms with van der Waals surface area (Å²) < 4.78 is 7.66. The SMILES string of the molecule is C[C@H](Oc1cccc2ncccc12)C(=O)N1CCN(Cl)C[C@H]1C. The summed E-state index contributed by atoms with van der Waals surface area (Å²) >= 11 is 6.01. The zero-order chi connectivity index (χ0) is 16.4. The van der Waals surface area contributed by atoms with E-state index >= 15 is 0 Å². The van der Waals surface area contributed by atoms with Gasteiger partial charge in [-0.05, 0) is 49.9 Å². The van der Waals surface area contributed by atoms with Crippen LogP contribution in [0.25, 0.3) is 10.9 Å². The molecule has 0 spiro atoms. The number of nitrogens with zero attached hydrogens (tertiary/aromatic N) is 3. The lowest BCUT2D eigenvalue weighted by atomic mass is 10.2. The van der Waals surface area contributed by atoms with Gasteiger partial charge in [0.2, 0.25) is 0 Å². The lowest BCUT2D eigenvalue weighted by Gasteiger charge is -2.38. The Bertz CT molecular complexity index is 704. The molecule has 122 valence electrons. The molecule has 1 aliphatic rings. The van der Waals surface area contributed by atoms with E-state index in [1.165, 1.54) is 0 Å². The van der Waals surface area contributed by atoms with Gasteiger partial charge in [-0.3, -0.25) is 9.78 Å². The van der Waals surface area contributed by atoms with Crippen LogP contribution in [0.15, 0.2) is 36.5 Å². The number of rotatable bonds is 3. The first-order valence-electron chi connectivity index (χ1n) is 7.78. The Labute approximate surface area is 140 Å². The molecular weight excluding hydrogens is 314 g/mol. The summed E-state index contributed by atoms with van der Waals surface area (Å²) in [5.74, 6) is 0.670. The average molecular weight is 334 g/mol. The molecule has 1 amide bonds. The third kappa shape index (κ3) is 3.41. The molecule has 0 N–H and O–H groups in total. The summed E-state index contributed by atoms with van der Waals surface area (Å²) in [6.07, 6.45) is 1.19. The molecule has 3 rings (SSSR count). The standard InChI is InChI=1S/C17H20ClN3O2/c1-12-11-20(18)9-10-21(12)17(22)13(2)23-16-7-3-6-15-14(16)5-4-8-19-15/h3-8,12-13H,9-11H2,1-2H3/t12-,13+/m1/s1. The van der Waals surface area contributed by atoms with E-state index < -0.39 is 6.10 Å². The molecule has 23 heavy (non-hydrogen) atoms. The molecule has 1 aliphatic heterocycles. The van der Waals surface area contributed by atoms with Gasteiger partial charge in [0.15, 0.2) is 6.10 Å². The van der Waals surface area contributed by atoms with Crippen molar-refractivity contribution < 1.29 is 9.53 Å². The van der Waals surface area contributed by atoms with E-state index in [-0.39, 0.29) is 11.9 Å². The van der Waals surface area contributed by atoms with Crippen molar-refractivity contribution in [3.63, 3.8) is 0 Å². The van der Waals surface area contributed by atoms with Crippen LogP contribution >= 0.6 is 11.8 Å². The van der Waals surface area contributed by atoms with E-state index in [1.54, 1.807) is 17.5 Å². The van der Waals surface area contributed by atoms with Crippen molar-refractivity contribution in [1.82, 2.24) is 14.3 Å². The number of halogens is 1. The number of carbonyl (C=O) groups is 1. The summed E-state index contributed by atoms with van der Waals surface area (Å²) in [6.45, 7) is 5.74. The van der Waals surface area contributed by atoms with Crippen LogP contribution in [-0.4, -0.2) is 52.0 Å². The summed E-state index contributed by atoms with van der Waals surface area (Å²) in [6, 6.07) is 9.57. The third-order valence-electron chi connectivity index (χ3n) is 4.12. The fourth-order valence-electron chi connectivity index (χ4n) is 2.89. The molecule has 0 unspecified atom stereocenters. The quantitative estimate of drug-likeness (QED) is 0.810. The van der Waals surface area contributed by atoms with E-state index in [2.05, 4.69) is 4.98 Å². The number of hydrogen-bond acceptors (Lipinski definition) is 4. The predicted molar refractivity (Wildman–Crippen MR) is 90.4 cm³/mol. The molecule has 5 nitrogen and oxygen atoms in total. The number of ether oxygens (including phenoxy) is 1. The van der Waals surface area contributed by atoms with Crippen LogP contribution in [0.3, 0.4) is 0 Å². The Morgan fingerprint density at radius 2 is 2.17 bits per heavy atom. The largest absolute Gasteiger partial charge is 0.480 e. The fraction of sp³-hybridized carbons (Fsp3) is 0.412. The normalized spacial score (nSPS) is 20.5. The van der Waals surface area contributed by atoms with Gasteiger partial charge >= 0.3 is 0 Å². The first kappa shape index (κ1) is 16.0. The monoisotopic (exact) mass is 333 g/mol. The Balaban J connectivity index is 1.75. The molecule has 0 bridgehead atoms. The lowest BCUT2D eigenvalue weighted by molar-refractivity contribution is -0.141. The van der Waals surface area contributed by atoms with E-state index in [9.17, 15) is 4.79 Å². The minimum Gasteiger partial charge on any atom is -0.480 e. The molecule has 6 heteroatoms. The number of pyridine rings is 1. The van der Waals surface area contributed by atoms with Crippen LogP contribution in [0.5, 0.6) is 5.75 Å². The lowest BCUT2D eigenvalue weighted by Crippen LogP contribution is -2.54. The van der Waals surface area contributed by atoms with Gasteiger partial charge in [0, 0.05) is 37.3 Å². The predicted octanol–water partition coefficient (Wildman–Crippen LogP) is 2.69. The fourth-order valence-corrected chi connectivity index (χ4v) is 3.17. The van der Waals surface area contributed by atoms with Crippen LogP contribution in [0.2, 0.25) is 0 Å². The number of hydrogen-bond donors (Lipinski definition) is 0. The second kappa shape index (κ2) is 6.72. The van der Waals surface area contributed by atoms with Crippen molar-refractivity contribution in [3.05, 3.63) is 36.5 Å². The molecule has 1 fully saturated rings. The van der Waals surface area contributed by atoms with Crippen LogP contribution < -0.4 is 4.74 Å². The molecule has 2 aromatic rings. The number of amides is 1. The van der Waals surface area contributed by atoms with Gasteiger partial charge in [0.05, 0.1) is 5.52 Å². The van der Waals surface area contributed by atoms with Gasteiger partial charge in [-0.15, -0.1) is 0 Å². The molecule has 0 saturated carbocycles. The van der Waals surface area contributed by atoms with Crippen molar-refractivity contribution in [1.29, 1.82) is 0 Å². The van der Waals surface area contributed by atoms with Crippen LogP contribution in [0.1, 0.15) is 13.8 Å². The highest BCUT2D eigenvalue weighted by atomic mass is 35.5. The number of piperazine rings is 1. The van der Waals surface area contributed by atoms with Crippen molar-refractivity contribution in [2.75, 3.05) is 19.6 Å². The first-order chi connectivity index (χ1) is 11.1. The maximum atomic E-state index is 12.7. The van der Waals surface area contributed by atoms with Gasteiger partial charge in [-0.2, -0.15) is 0 Å². The van der Waals surface area contributed by atoms with E-state index in [4.69, 9.17) is 16.5 Å². The third-order valence-corrected chi connectivity index (χ3v) is 4.43. The van der Waals surface area contributed by atoms with E-state index in [1.807, 2.05) is 42.2 Å². The summed E-state index contributed by atoms with van der Waals surface area (Å²) in [7, 11) is 0. The van der Waals surface area contributed by atoms with Crippen molar-refractivity contribution in [3.8, 4) is 5.75 Å². The highest BCUT2D eigenvalue weighted by molar-refractivity contribution is 6.13. The zero-order valence-corrected chi connectivity index (χ0v) is 14.0. The molecule has 2 heterocycles. The van der Waals surface area contributed by atoms with Crippen molar-refractivity contribution >= 4 is 28.6 Å². The van der Waals surface area contributed by atoms with Crippen molar-refractivity contribution in [2.24, 2.45) is 0 Å². The molecule has 0 radical (unpaired) electrons. The second-order valence-corrected chi connectivity index (χ2v) is 6.31. The Morgan fingerprint density at radius 3 is 2.96 bits per heavy atom. The minimum absolute atomic E-state index is 0.0110. The second-order valence-electron chi connectivity index (χ2n) is 5.84. The zero-order valence-electron chi connectivity index (χ0n) is 13.3. The Kier molecular flexibility index (Phi) is 4.68. The summed E-state index contributed by atoms with van der Waals surface area (Å²) in [5, 5.41) is 0.910. The molecule has 1 saturated heterocycles. The molecule has 2 atom stereocenters. The highest BCUT2D eigenvalue weighted by Crippen LogP contribution is 2.25. The molecule has 0 aliphatic carbocycles. The number of aromatic nitrogens is 1. The Hall–Kier alpha value is -1.85.